The molecule has 0 saturated carbocycles. The van der Waals surface area contributed by atoms with Crippen molar-refractivity contribution in [2.45, 2.75) is 19.3 Å². The molecule has 0 bridgehead atoms. The number of nitrogens with one attached hydrogen (secondary N) is 2. The van der Waals surface area contributed by atoms with Crippen LogP contribution < -0.4 is 16.4 Å². The van der Waals surface area contributed by atoms with Gasteiger partial charge >= 0.3 is 0 Å². The maximum absolute atomic E-state index is 12.2. The van der Waals surface area contributed by atoms with Gasteiger partial charge < -0.3 is 16.4 Å². The van der Waals surface area contributed by atoms with Crippen molar-refractivity contribution in [3.63, 3.8) is 0 Å². The molecule has 2 aromatic rings. The number of hydrogen-bond acceptors (Lipinski definition) is 3. The molecule has 0 saturated heterocycles. The number of para-hydroxylation sites is 1. The van der Waals surface area contributed by atoms with Crippen molar-refractivity contribution in [2.75, 3.05) is 16.4 Å². The second-order valence-electron chi connectivity index (χ2n) is 5.99. The summed E-state index contributed by atoms with van der Waals surface area (Å²) in [5.41, 5.74) is 8.36. The van der Waals surface area contributed by atoms with Gasteiger partial charge in [-0.15, -0.1) is 0 Å². The number of amides is 2. The molecule has 0 fully saturated rings. The quantitative estimate of drug-likeness (QED) is 0.701. The fourth-order valence-corrected chi connectivity index (χ4v) is 3.32. The van der Waals surface area contributed by atoms with Gasteiger partial charge in [0.25, 0.3) is 0 Å². The first-order valence-electron chi connectivity index (χ1n) is 7.87. The van der Waals surface area contributed by atoms with Crippen LogP contribution in [0.1, 0.15) is 18.4 Å². The molecule has 25 heavy (non-hydrogen) atoms. The Morgan fingerprint density at radius 2 is 1.92 bits per heavy atom. The Labute approximate surface area is 155 Å². The lowest BCUT2D eigenvalue weighted by molar-refractivity contribution is -0.121. The lowest BCUT2D eigenvalue weighted by atomic mass is 9.89. The van der Waals surface area contributed by atoms with Crippen LogP contribution in [0.2, 0.25) is 10.0 Å². The summed E-state index contributed by atoms with van der Waals surface area (Å²) in [5, 5.41) is 6.18. The predicted molar refractivity (Wildman–Crippen MR) is 101 cm³/mol. The summed E-state index contributed by atoms with van der Waals surface area (Å²) in [5.74, 6) is -0.479. The van der Waals surface area contributed by atoms with Crippen LogP contribution in [0, 0.1) is 5.92 Å². The molecule has 4 N–H and O–H groups in total. The summed E-state index contributed by atoms with van der Waals surface area (Å²) in [6.45, 7) is 0. The van der Waals surface area contributed by atoms with Crippen LogP contribution in [0.15, 0.2) is 36.4 Å². The third-order valence-electron chi connectivity index (χ3n) is 4.20. The van der Waals surface area contributed by atoms with Crippen LogP contribution in [0.4, 0.5) is 17.1 Å². The Balaban J connectivity index is 1.59. The first kappa shape index (κ1) is 17.6. The van der Waals surface area contributed by atoms with Crippen LogP contribution in [0.5, 0.6) is 0 Å². The number of rotatable bonds is 4. The molecule has 1 aliphatic heterocycles. The van der Waals surface area contributed by atoms with E-state index in [0.717, 1.165) is 11.3 Å². The summed E-state index contributed by atoms with van der Waals surface area (Å²) in [4.78, 5) is 24.3. The molecular formula is C18H17Cl2N3O2. The van der Waals surface area contributed by atoms with Crippen molar-refractivity contribution in [3.05, 3.63) is 52.0 Å². The molecule has 2 aromatic carbocycles. The van der Waals surface area contributed by atoms with Crippen molar-refractivity contribution in [2.24, 2.45) is 5.92 Å². The van der Waals surface area contributed by atoms with Gasteiger partial charge in [0, 0.05) is 23.7 Å². The molecule has 5 nitrogen and oxygen atoms in total. The molecule has 1 heterocycles. The third kappa shape index (κ3) is 4.06. The first-order valence-corrected chi connectivity index (χ1v) is 8.63. The standard InChI is InChI=1S/C18H17Cl2N3O2/c19-13-8-12(9-14(20)17(13)21)22-16(24)6-5-11-7-10-3-1-2-4-15(10)23-18(11)25/h1-4,8-9,11H,5-7,21H2,(H,22,24)(H,23,25). The molecule has 0 spiro atoms. The van der Waals surface area contributed by atoms with Crippen molar-refractivity contribution in [3.8, 4) is 0 Å². The topological polar surface area (TPSA) is 84.2 Å². The Morgan fingerprint density at radius 1 is 1.24 bits per heavy atom. The predicted octanol–water partition coefficient (Wildman–Crippen LogP) is 4.11. The molecule has 2 amide bonds. The first-order chi connectivity index (χ1) is 11.9. The monoisotopic (exact) mass is 377 g/mol. The van der Waals surface area contributed by atoms with Crippen molar-refractivity contribution < 1.29 is 9.59 Å². The minimum absolute atomic E-state index is 0.0509. The molecule has 0 radical (unpaired) electrons. The van der Waals surface area contributed by atoms with E-state index in [4.69, 9.17) is 28.9 Å². The summed E-state index contributed by atoms with van der Waals surface area (Å²) in [6.07, 6.45) is 1.32. The fraction of sp³-hybridized carbons (Fsp3) is 0.222. The number of nitrogens with two attached hydrogens (primary N) is 1. The van der Waals surface area contributed by atoms with E-state index in [0.29, 0.717) is 18.5 Å². The molecule has 7 heteroatoms. The number of anilines is 3. The molecule has 130 valence electrons. The highest BCUT2D eigenvalue weighted by Crippen LogP contribution is 2.31. The summed E-state index contributed by atoms with van der Waals surface area (Å²) >= 11 is 11.9. The van der Waals surface area contributed by atoms with E-state index in [2.05, 4.69) is 10.6 Å². The minimum atomic E-state index is -0.223. The molecule has 0 aliphatic carbocycles. The van der Waals surface area contributed by atoms with E-state index >= 15 is 0 Å². The second kappa shape index (κ2) is 7.33. The van der Waals surface area contributed by atoms with E-state index in [1.807, 2.05) is 24.3 Å². The van der Waals surface area contributed by atoms with Gasteiger partial charge in [-0.1, -0.05) is 41.4 Å². The number of benzene rings is 2. The molecular weight excluding hydrogens is 361 g/mol. The third-order valence-corrected chi connectivity index (χ3v) is 4.82. The Bertz CT molecular complexity index is 816. The lowest BCUT2D eigenvalue weighted by Gasteiger charge is -2.24. The highest BCUT2D eigenvalue weighted by atomic mass is 35.5. The molecule has 1 unspecified atom stereocenters. The van der Waals surface area contributed by atoms with Crippen LogP contribution in [-0.2, 0) is 16.0 Å². The Morgan fingerprint density at radius 3 is 2.64 bits per heavy atom. The average Bonchev–Trinajstić information content (AvgIpc) is 2.57. The van der Waals surface area contributed by atoms with E-state index in [1.165, 1.54) is 0 Å². The Kier molecular flexibility index (Phi) is 5.16. The maximum atomic E-state index is 12.2. The van der Waals surface area contributed by atoms with Crippen LogP contribution in [-0.4, -0.2) is 11.8 Å². The van der Waals surface area contributed by atoms with Gasteiger partial charge in [0.1, 0.15) is 0 Å². The van der Waals surface area contributed by atoms with E-state index in [-0.39, 0.29) is 39.9 Å². The van der Waals surface area contributed by atoms with E-state index < -0.39 is 0 Å². The van der Waals surface area contributed by atoms with Crippen molar-refractivity contribution >= 4 is 52.1 Å². The maximum Gasteiger partial charge on any atom is 0.227 e. The number of nitrogen functional groups attached to an aromatic ring is 1. The zero-order chi connectivity index (χ0) is 18.0. The molecule has 1 aliphatic rings. The largest absolute Gasteiger partial charge is 0.396 e. The lowest BCUT2D eigenvalue weighted by Crippen LogP contribution is -2.30. The highest BCUT2D eigenvalue weighted by molar-refractivity contribution is 6.39. The van der Waals surface area contributed by atoms with Crippen molar-refractivity contribution in [1.82, 2.24) is 0 Å². The van der Waals surface area contributed by atoms with Gasteiger partial charge in [-0.05, 0) is 36.6 Å². The van der Waals surface area contributed by atoms with Crippen LogP contribution in [0.25, 0.3) is 0 Å². The zero-order valence-corrected chi connectivity index (χ0v) is 14.8. The fourth-order valence-electron chi connectivity index (χ4n) is 2.83. The zero-order valence-electron chi connectivity index (χ0n) is 13.3. The van der Waals surface area contributed by atoms with Gasteiger partial charge in [-0.25, -0.2) is 0 Å². The van der Waals surface area contributed by atoms with Crippen molar-refractivity contribution in [1.29, 1.82) is 0 Å². The van der Waals surface area contributed by atoms with Gasteiger partial charge in [0.05, 0.1) is 15.7 Å². The molecule has 3 rings (SSSR count). The number of hydrogen-bond donors (Lipinski definition) is 3. The average molecular weight is 378 g/mol. The van der Waals surface area contributed by atoms with E-state index in [9.17, 15) is 9.59 Å². The second-order valence-corrected chi connectivity index (χ2v) is 6.80. The molecule has 1 atom stereocenters. The number of fused-ring (bicyclic) bond motifs is 1. The SMILES string of the molecule is Nc1c(Cl)cc(NC(=O)CCC2Cc3ccccc3NC2=O)cc1Cl. The molecule has 0 aromatic heterocycles. The number of carbonyl (C=O) groups is 2. The van der Waals surface area contributed by atoms with Gasteiger partial charge in [-0.3, -0.25) is 9.59 Å². The minimum Gasteiger partial charge on any atom is -0.396 e. The number of halogens is 2. The van der Waals surface area contributed by atoms with Gasteiger partial charge in [0.2, 0.25) is 11.8 Å². The summed E-state index contributed by atoms with van der Waals surface area (Å²) in [7, 11) is 0. The smallest absolute Gasteiger partial charge is 0.227 e. The van der Waals surface area contributed by atoms with Gasteiger partial charge in [-0.2, -0.15) is 0 Å². The van der Waals surface area contributed by atoms with E-state index in [1.54, 1.807) is 12.1 Å². The van der Waals surface area contributed by atoms with Crippen LogP contribution in [0.3, 0.4) is 0 Å². The highest BCUT2D eigenvalue weighted by Gasteiger charge is 2.26. The summed E-state index contributed by atoms with van der Waals surface area (Å²) < 4.78 is 0. The van der Waals surface area contributed by atoms with Gasteiger partial charge in [0.15, 0.2) is 0 Å². The number of carbonyl (C=O) groups excluding carboxylic acids is 2. The van der Waals surface area contributed by atoms with Crippen LogP contribution >= 0.6 is 23.2 Å². The normalized spacial score (nSPS) is 16.1. The Hall–Kier alpha value is -2.24. The summed E-state index contributed by atoms with van der Waals surface area (Å²) in [6, 6.07) is 10.8.